The van der Waals surface area contributed by atoms with Crippen molar-refractivity contribution in [2.75, 3.05) is 19.6 Å². The number of unbranched alkanes of at least 4 members (excludes halogenated alkanes) is 1. The fraction of sp³-hybridized carbons (Fsp3) is 0.710. The maximum absolute atomic E-state index is 12.5. The molecule has 0 saturated heterocycles. The summed E-state index contributed by atoms with van der Waals surface area (Å²) in [6.07, 6.45) is 7.83. The van der Waals surface area contributed by atoms with Crippen LogP contribution in [0.3, 0.4) is 0 Å². The number of nitrogens with zero attached hydrogens (tertiary/aromatic N) is 3. The highest BCUT2D eigenvalue weighted by Crippen LogP contribution is 2.35. The summed E-state index contributed by atoms with van der Waals surface area (Å²) in [6, 6.07) is 8.07. The standard InChI is InChI=1S/C30H46F3N3O.CH4/c1-5-6-19-35(20-8-9-23(2)3)21-18-25-10-7-11-26(13-12-25)29-22-24(4)36(34-29)27-14-16-28(17-15-27)37-30(31,32)33;/h14-17,22-23,25-26H,5-13,18-21H2,1-4H3;1H4. The zero-order chi connectivity index (χ0) is 26.8. The topological polar surface area (TPSA) is 30.3 Å². The van der Waals surface area contributed by atoms with E-state index in [0.717, 1.165) is 41.8 Å². The smallest absolute Gasteiger partial charge is 0.406 e. The first kappa shape index (κ1) is 32.2. The van der Waals surface area contributed by atoms with Crippen molar-refractivity contribution >= 4 is 0 Å². The van der Waals surface area contributed by atoms with E-state index >= 15 is 0 Å². The Balaban J connectivity index is 0.00000507. The zero-order valence-corrected chi connectivity index (χ0v) is 23.2. The first-order valence-corrected chi connectivity index (χ1v) is 14.3. The van der Waals surface area contributed by atoms with Crippen molar-refractivity contribution in [3.63, 3.8) is 0 Å². The number of alkyl halides is 3. The van der Waals surface area contributed by atoms with Crippen molar-refractivity contribution in [1.29, 1.82) is 0 Å². The summed E-state index contributed by atoms with van der Waals surface area (Å²) < 4.78 is 43.2. The Labute approximate surface area is 228 Å². The monoisotopic (exact) mass is 537 g/mol. The highest BCUT2D eigenvalue weighted by Gasteiger charge is 2.31. The Morgan fingerprint density at radius 1 is 1.03 bits per heavy atom. The molecule has 1 aromatic heterocycles. The number of benzene rings is 1. The first-order chi connectivity index (χ1) is 17.6. The summed E-state index contributed by atoms with van der Waals surface area (Å²) in [6.45, 7) is 12.6. The fourth-order valence-corrected chi connectivity index (χ4v) is 5.52. The number of aryl methyl sites for hydroxylation is 1. The third-order valence-electron chi connectivity index (χ3n) is 7.67. The largest absolute Gasteiger partial charge is 0.573 e. The van der Waals surface area contributed by atoms with E-state index in [9.17, 15) is 13.2 Å². The maximum atomic E-state index is 12.5. The molecule has 3 rings (SSSR count). The molecule has 4 nitrogen and oxygen atoms in total. The minimum atomic E-state index is -4.69. The Hall–Kier alpha value is -2.02. The highest BCUT2D eigenvalue weighted by molar-refractivity contribution is 5.38. The molecule has 7 heteroatoms. The van der Waals surface area contributed by atoms with Crippen LogP contribution in [0.4, 0.5) is 13.2 Å². The van der Waals surface area contributed by atoms with E-state index in [1.807, 2.05) is 11.6 Å². The van der Waals surface area contributed by atoms with E-state index in [2.05, 4.69) is 36.5 Å². The number of hydrogen-bond donors (Lipinski definition) is 0. The summed E-state index contributed by atoms with van der Waals surface area (Å²) in [5.41, 5.74) is 2.84. The lowest BCUT2D eigenvalue weighted by Crippen LogP contribution is -2.28. The average molecular weight is 538 g/mol. The van der Waals surface area contributed by atoms with Gasteiger partial charge < -0.3 is 9.64 Å². The molecule has 2 atom stereocenters. The molecule has 0 N–H and O–H groups in total. The molecule has 0 radical (unpaired) electrons. The molecule has 1 aromatic carbocycles. The van der Waals surface area contributed by atoms with Crippen LogP contribution in [0.15, 0.2) is 30.3 Å². The summed E-state index contributed by atoms with van der Waals surface area (Å²) >= 11 is 0. The van der Waals surface area contributed by atoms with Crippen molar-refractivity contribution in [1.82, 2.24) is 14.7 Å². The van der Waals surface area contributed by atoms with Gasteiger partial charge in [-0.05, 0) is 114 Å². The van der Waals surface area contributed by atoms with Crippen molar-refractivity contribution in [2.24, 2.45) is 11.8 Å². The number of rotatable bonds is 13. The third-order valence-corrected chi connectivity index (χ3v) is 7.67. The van der Waals surface area contributed by atoms with Crippen molar-refractivity contribution in [2.45, 2.75) is 112 Å². The fourth-order valence-electron chi connectivity index (χ4n) is 5.52. The Morgan fingerprint density at radius 3 is 2.39 bits per heavy atom. The molecule has 1 aliphatic carbocycles. The minimum absolute atomic E-state index is 0. The van der Waals surface area contributed by atoms with Gasteiger partial charge in [-0.1, -0.05) is 47.5 Å². The Kier molecular flexibility index (Phi) is 13.2. The maximum Gasteiger partial charge on any atom is 0.573 e. The highest BCUT2D eigenvalue weighted by atomic mass is 19.4. The number of ether oxygens (including phenoxy) is 1. The SMILES string of the molecule is C.CCCCN(CCCC(C)C)CCC1CCCC(c2cc(C)n(-c3ccc(OC(F)(F)F)cc3)n2)CC1. The molecule has 216 valence electrons. The summed E-state index contributed by atoms with van der Waals surface area (Å²) in [7, 11) is 0. The van der Waals surface area contributed by atoms with Gasteiger partial charge in [0, 0.05) is 11.6 Å². The van der Waals surface area contributed by atoms with Crippen molar-refractivity contribution < 1.29 is 17.9 Å². The molecule has 2 aromatic rings. The van der Waals surface area contributed by atoms with Gasteiger partial charge in [-0.2, -0.15) is 5.10 Å². The van der Waals surface area contributed by atoms with Gasteiger partial charge in [-0.25, -0.2) is 4.68 Å². The van der Waals surface area contributed by atoms with Gasteiger partial charge in [0.2, 0.25) is 0 Å². The molecular formula is C31H50F3N3O. The number of halogens is 3. The van der Waals surface area contributed by atoms with Crippen LogP contribution in [-0.2, 0) is 0 Å². The lowest BCUT2D eigenvalue weighted by molar-refractivity contribution is -0.274. The second-order valence-electron chi connectivity index (χ2n) is 11.3. The van der Waals surface area contributed by atoms with Crippen LogP contribution in [0.5, 0.6) is 5.75 Å². The lowest BCUT2D eigenvalue weighted by Gasteiger charge is -2.25. The predicted octanol–water partition coefficient (Wildman–Crippen LogP) is 9.31. The van der Waals surface area contributed by atoms with Crippen LogP contribution in [-0.4, -0.2) is 40.7 Å². The van der Waals surface area contributed by atoms with Gasteiger partial charge >= 0.3 is 6.36 Å². The quantitative estimate of drug-likeness (QED) is 0.239. The van der Waals surface area contributed by atoms with E-state index in [4.69, 9.17) is 5.10 Å². The van der Waals surface area contributed by atoms with E-state index in [0.29, 0.717) is 5.92 Å². The number of hydrogen-bond acceptors (Lipinski definition) is 3. The Bertz CT molecular complexity index is 923. The molecule has 1 fully saturated rings. The van der Waals surface area contributed by atoms with Crippen LogP contribution >= 0.6 is 0 Å². The third kappa shape index (κ3) is 10.6. The van der Waals surface area contributed by atoms with Gasteiger partial charge in [0.05, 0.1) is 11.4 Å². The van der Waals surface area contributed by atoms with Gasteiger partial charge in [0.1, 0.15) is 5.75 Å². The summed E-state index contributed by atoms with van der Waals surface area (Å²) in [5, 5.41) is 4.88. The molecule has 1 heterocycles. The lowest BCUT2D eigenvalue weighted by atomic mass is 9.93. The van der Waals surface area contributed by atoms with E-state index in [1.54, 1.807) is 12.1 Å². The van der Waals surface area contributed by atoms with Crippen molar-refractivity contribution in [3.8, 4) is 11.4 Å². The van der Waals surface area contributed by atoms with Crippen LogP contribution in [0.25, 0.3) is 5.69 Å². The first-order valence-electron chi connectivity index (χ1n) is 14.3. The van der Waals surface area contributed by atoms with Crippen LogP contribution < -0.4 is 4.74 Å². The van der Waals surface area contributed by atoms with Gasteiger partial charge in [-0.15, -0.1) is 13.2 Å². The molecule has 38 heavy (non-hydrogen) atoms. The van der Waals surface area contributed by atoms with E-state index in [1.165, 1.54) is 83.1 Å². The van der Waals surface area contributed by atoms with Crippen molar-refractivity contribution in [3.05, 3.63) is 41.7 Å². The molecule has 0 amide bonds. The molecule has 0 aliphatic heterocycles. The average Bonchev–Trinajstić information content (AvgIpc) is 3.06. The molecule has 1 saturated carbocycles. The number of aromatic nitrogens is 2. The molecule has 1 aliphatic rings. The summed E-state index contributed by atoms with van der Waals surface area (Å²) in [5.74, 6) is 1.79. The van der Waals surface area contributed by atoms with E-state index in [-0.39, 0.29) is 13.2 Å². The van der Waals surface area contributed by atoms with Crippen LogP contribution in [0.2, 0.25) is 0 Å². The zero-order valence-electron chi connectivity index (χ0n) is 23.2. The Morgan fingerprint density at radius 2 is 1.74 bits per heavy atom. The normalized spacial score (nSPS) is 18.4. The molecular weight excluding hydrogens is 487 g/mol. The predicted molar refractivity (Wildman–Crippen MR) is 151 cm³/mol. The van der Waals surface area contributed by atoms with Gasteiger partial charge in [0.25, 0.3) is 0 Å². The minimum Gasteiger partial charge on any atom is -0.406 e. The molecule has 0 bridgehead atoms. The van der Waals surface area contributed by atoms with Crippen LogP contribution in [0.1, 0.15) is 110 Å². The molecule has 0 spiro atoms. The van der Waals surface area contributed by atoms with Gasteiger partial charge in [0.15, 0.2) is 0 Å². The van der Waals surface area contributed by atoms with E-state index < -0.39 is 6.36 Å². The summed E-state index contributed by atoms with van der Waals surface area (Å²) in [4.78, 5) is 2.70. The second kappa shape index (κ2) is 15.5. The second-order valence-corrected chi connectivity index (χ2v) is 11.3. The van der Waals surface area contributed by atoms with Gasteiger partial charge in [-0.3, -0.25) is 0 Å². The molecule has 2 unspecified atom stereocenters. The van der Waals surface area contributed by atoms with Crippen LogP contribution in [0, 0.1) is 18.8 Å².